The first kappa shape index (κ1) is 16.5. The van der Waals surface area contributed by atoms with Gasteiger partial charge in [-0.25, -0.2) is 18.1 Å². The van der Waals surface area contributed by atoms with Crippen LogP contribution in [0, 0.1) is 5.92 Å². The lowest BCUT2D eigenvalue weighted by Gasteiger charge is -2.10. The monoisotopic (exact) mass is 333 g/mol. The Kier molecular flexibility index (Phi) is 5.80. The van der Waals surface area contributed by atoms with Crippen LogP contribution in [0.2, 0.25) is 5.02 Å². The van der Waals surface area contributed by atoms with Gasteiger partial charge in [-0.1, -0.05) is 24.4 Å². The Bertz CT molecular complexity index is 576. The van der Waals surface area contributed by atoms with E-state index in [4.69, 9.17) is 16.7 Å². The van der Waals surface area contributed by atoms with Gasteiger partial charge in [0.05, 0.1) is 5.02 Å². The SMILES string of the molecule is O=S(=O)(NCCC1CC1)c1cnc(NCCCO)c(Cl)c1. The molecule has 1 fully saturated rings. The molecule has 6 nitrogen and oxygen atoms in total. The van der Waals surface area contributed by atoms with Gasteiger partial charge in [0, 0.05) is 25.9 Å². The summed E-state index contributed by atoms with van der Waals surface area (Å²) in [6.07, 6.45) is 5.13. The minimum atomic E-state index is -3.56. The van der Waals surface area contributed by atoms with Crippen LogP contribution in [0.15, 0.2) is 17.2 Å². The molecule has 118 valence electrons. The Morgan fingerprint density at radius 1 is 1.38 bits per heavy atom. The van der Waals surface area contributed by atoms with E-state index in [9.17, 15) is 8.42 Å². The number of aliphatic hydroxyl groups excluding tert-OH is 1. The summed E-state index contributed by atoms with van der Waals surface area (Å²) in [5.41, 5.74) is 0. The maximum atomic E-state index is 12.1. The largest absolute Gasteiger partial charge is 0.396 e. The molecule has 0 atom stereocenters. The van der Waals surface area contributed by atoms with Gasteiger partial charge < -0.3 is 10.4 Å². The van der Waals surface area contributed by atoms with E-state index in [1.807, 2.05) is 0 Å². The molecule has 1 heterocycles. The molecule has 0 spiro atoms. The molecule has 0 bridgehead atoms. The van der Waals surface area contributed by atoms with Crippen molar-refractivity contribution in [3.8, 4) is 0 Å². The molecule has 3 N–H and O–H groups in total. The molecule has 0 unspecified atom stereocenters. The Morgan fingerprint density at radius 3 is 2.76 bits per heavy atom. The fraction of sp³-hybridized carbons (Fsp3) is 0.615. The number of rotatable bonds is 9. The second kappa shape index (κ2) is 7.40. The number of aliphatic hydroxyl groups is 1. The Balaban J connectivity index is 1.96. The summed E-state index contributed by atoms with van der Waals surface area (Å²) in [6.45, 7) is 1.04. The van der Waals surface area contributed by atoms with Crippen molar-refractivity contribution in [1.82, 2.24) is 9.71 Å². The molecule has 1 aliphatic rings. The zero-order chi connectivity index (χ0) is 15.3. The minimum Gasteiger partial charge on any atom is -0.396 e. The molecule has 21 heavy (non-hydrogen) atoms. The second-order valence-corrected chi connectivity index (χ2v) is 7.31. The number of sulfonamides is 1. The van der Waals surface area contributed by atoms with E-state index in [-0.39, 0.29) is 16.5 Å². The Morgan fingerprint density at radius 2 is 2.14 bits per heavy atom. The lowest BCUT2D eigenvalue weighted by atomic mass is 10.3. The maximum Gasteiger partial charge on any atom is 0.242 e. The zero-order valence-electron chi connectivity index (χ0n) is 11.7. The van der Waals surface area contributed by atoms with Crippen molar-refractivity contribution in [3.05, 3.63) is 17.3 Å². The smallest absolute Gasteiger partial charge is 0.242 e. The first-order valence-electron chi connectivity index (χ1n) is 7.03. The van der Waals surface area contributed by atoms with E-state index >= 15 is 0 Å². The van der Waals surface area contributed by atoms with Crippen LogP contribution in [0.25, 0.3) is 0 Å². The van der Waals surface area contributed by atoms with Crippen molar-refractivity contribution >= 4 is 27.4 Å². The number of anilines is 1. The van der Waals surface area contributed by atoms with Gasteiger partial charge in [-0.2, -0.15) is 0 Å². The number of aromatic nitrogens is 1. The minimum absolute atomic E-state index is 0.0657. The van der Waals surface area contributed by atoms with Crippen LogP contribution in [-0.2, 0) is 10.0 Å². The third kappa shape index (κ3) is 5.10. The molecule has 1 aromatic rings. The molecule has 2 rings (SSSR count). The first-order chi connectivity index (χ1) is 10.0. The molecule has 0 radical (unpaired) electrons. The second-order valence-electron chi connectivity index (χ2n) is 5.14. The van der Waals surface area contributed by atoms with Gasteiger partial charge in [-0.05, 0) is 24.8 Å². The van der Waals surface area contributed by atoms with Crippen molar-refractivity contribution in [1.29, 1.82) is 0 Å². The van der Waals surface area contributed by atoms with Gasteiger partial charge >= 0.3 is 0 Å². The third-order valence-electron chi connectivity index (χ3n) is 3.30. The van der Waals surface area contributed by atoms with Crippen molar-refractivity contribution in [2.24, 2.45) is 5.92 Å². The number of hydrogen-bond acceptors (Lipinski definition) is 5. The van der Waals surface area contributed by atoms with Gasteiger partial charge in [0.25, 0.3) is 0 Å². The molecule has 0 aromatic carbocycles. The normalized spacial score (nSPS) is 15.1. The summed E-state index contributed by atoms with van der Waals surface area (Å²) >= 11 is 6.03. The molecule has 1 saturated carbocycles. The average molecular weight is 334 g/mol. The number of pyridine rings is 1. The van der Waals surface area contributed by atoms with Gasteiger partial charge in [0.1, 0.15) is 10.7 Å². The summed E-state index contributed by atoms with van der Waals surface area (Å²) in [6, 6.07) is 1.38. The highest BCUT2D eigenvalue weighted by atomic mass is 35.5. The van der Waals surface area contributed by atoms with Crippen molar-refractivity contribution < 1.29 is 13.5 Å². The van der Waals surface area contributed by atoms with Crippen LogP contribution >= 0.6 is 11.6 Å². The van der Waals surface area contributed by atoms with Crippen LogP contribution in [-0.4, -0.2) is 38.2 Å². The summed E-state index contributed by atoms with van der Waals surface area (Å²) in [5.74, 6) is 1.09. The van der Waals surface area contributed by atoms with Crippen LogP contribution in [0.3, 0.4) is 0 Å². The quantitative estimate of drug-likeness (QED) is 0.597. The zero-order valence-corrected chi connectivity index (χ0v) is 13.3. The summed E-state index contributed by atoms with van der Waals surface area (Å²) in [7, 11) is -3.56. The fourth-order valence-electron chi connectivity index (χ4n) is 1.87. The van der Waals surface area contributed by atoms with E-state index in [0.29, 0.717) is 31.2 Å². The van der Waals surface area contributed by atoms with Gasteiger partial charge in [0.15, 0.2) is 0 Å². The lowest BCUT2D eigenvalue weighted by Crippen LogP contribution is -2.25. The van der Waals surface area contributed by atoms with Gasteiger partial charge in [-0.15, -0.1) is 0 Å². The topological polar surface area (TPSA) is 91.3 Å². The van der Waals surface area contributed by atoms with E-state index in [0.717, 1.165) is 6.42 Å². The van der Waals surface area contributed by atoms with Gasteiger partial charge in [-0.3, -0.25) is 0 Å². The standard InChI is InChI=1S/C13H20ClN3O3S/c14-12-8-11(9-16-13(12)15-5-1-7-18)21(19,20)17-6-4-10-2-3-10/h8-10,17-18H,1-7H2,(H,15,16). The molecule has 1 aliphatic carbocycles. The summed E-state index contributed by atoms with van der Waals surface area (Å²) < 4.78 is 26.8. The van der Waals surface area contributed by atoms with E-state index in [1.54, 1.807) is 0 Å². The number of nitrogens with one attached hydrogen (secondary N) is 2. The Labute approximate surface area is 130 Å². The van der Waals surface area contributed by atoms with Crippen LogP contribution in [0.1, 0.15) is 25.7 Å². The molecule has 1 aromatic heterocycles. The first-order valence-corrected chi connectivity index (χ1v) is 8.89. The molecular weight excluding hydrogens is 314 g/mol. The summed E-state index contributed by atoms with van der Waals surface area (Å²) in [4.78, 5) is 4.09. The lowest BCUT2D eigenvalue weighted by molar-refractivity contribution is 0.292. The van der Waals surface area contributed by atoms with Crippen molar-refractivity contribution in [2.75, 3.05) is 25.0 Å². The number of nitrogens with zero attached hydrogens (tertiary/aromatic N) is 1. The predicted molar refractivity (Wildman–Crippen MR) is 82.0 cm³/mol. The van der Waals surface area contributed by atoms with Crippen molar-refractivity contribution in [3.63, 3.8) is 0 Å². The molecular formula is C13H20ClN3O3S. The number of halogens is 1. The summed E-state index contributed by atoms with van der Waals surface area (Å²) in [5, 5.41) is 11.9. The molecule has 0 amide bonds. The highest BCUT2D eigenvalue weighted by molar-refractivity contribution is 7.89. The van der Waals surface area contributed by atoms with Crippen molar-refractivity contribution in [2.45, 2.75) is 30.6 Å². The van der Waals surface area contributed by atoms with E-state index in [1.165, 1.54) is 25.1 Å². The van der Waals surface area contributed by atoms with Gasteiger partial charge in [0.2, 0.25) is 10.0 Å². The Hall–Kier alpha value is -0.890. The maximum absolute atomic E-state index is 12.1. The average Bonchev–Trinajstić information content (AvgIpc) is 3.24. The van der Waals surface area contributed by atoms with Crippen LogP contribution in [0.4, 0.5) is 5.82 Å². The predicted octanol–water partition coefficient (Wildman–Crippen LogP) is 1.61. The highest BCUT2D eigenvalue weighted by Crippen LogP contribution is 2.31. The highest BCUT2D eigenvalue weighted by Gasteiger charge is 2.22. The molecule has 0 aliphatic heterocycles. The van der Waals surface area contributed by atoms with Crippen LogP contribution in [0.5, 0.6) is 0 Å². The molecule has 8 heteroatoms. The number of hydrogen-bond donors (Lipinski definition) is 3. The fourth-order valence-corrected chi connectivity index (χ4v) is 3.19. The van der Waals surface area contributed by atoms with E-state index in [2.05, 4.69) is 15.0 Å². The molecule has 0 saturated heterocycles. The van der Waals surface area contributed by atoms with E-state index < -0.39 is 10.0 Å². The third-order valence-corrected chi connectivity index (χ3v) is 5.01. The van der Waals surface area contributed by atoms with Crippen LogP contribution < -0.4 is 10.0 Å².